The molecule has 33 heavy (non-hydrogen) atoms. The van der Waals surface area contributed by atoms with Crippen LogP contribution >= 0.6 is 0 Å². The largest absolute Gasteiger partial charge is 0.337 e. The summed E-state index contributed by atoms with van der Waals surface area (Å²) in [7, 11) is -3.91. The monoisotopic (exact) mass is 460 g/mol. The Morgan fingerprint density at radius 1 is 0.788 bits per heavy atom. The molecule has 4 rings (SSSR count). The third kappa shape index (κ3) is 4.98. The maximum absolute atomic E-state index is 13.5. The molecule has 6 nitrogen and oxygen atoms in total. The summed E-state index contributed by atoms with van der Waals surface area (Å²) in [6, 6.07) is 20.7. The molecule has 3 aromatic carbocycles. The molecule has 0 unspecified atom stereocenters. The van der Waals surface area contributed by atoms with Crippen molar-refractivity contribution in [2.24, 2.45) is 0 Å². The molecule has 0 atom stereocenters. The topological polar surface area (TPSA) is 84.0 Å². The zero-order valence-corrected chi connectivity index (χ0v) is 20.3. The lowest BCUT2D eigenvalue weighted by Gasteiger charge is -2.21. The first-order valence-corrected chi connectivity index (χ1v) is 12.3. The lowest BCUT2D eigenvalue weighted by molar-refractivity contribution is 0.584. The number of aromatic nitrogens is 2. The molecule has 0 saturated heterocycles. The second-order valence-electron chi connectivity index (χ2n) is 9.24. The van der Waals surface area contributed by atoms with E-state index in [0.717, 1.165) is 16.8 Å². The van der Waals surface area contributed by atoms with Crippen molar-refractivity contribution >= 4 is 38.4 Å². The van der Waals surface area contributed by atoms with E-state index >= 15 is 0 Å². The molecule has 0 amide bonds. The quantitative estimate of drug-likeness (QED) is 0.377. The normalized spacial score (nSPS) is 12.0. The first kappa shape index (κ1) is 22.7. The smallest absolute Gasteiger partial charge is 0.263 e. The van der Waals surface area contributed by atoms with Gasteiger partial charge in [-0.1, -0.05) is 62.7 Å². The van der Waals surface area contributed by atoms with Crippen LogP contribution in [-0.2, 0) is 15.4 Å². The van der Waals surface area contributed by atoms with E-state index in [1.54, 1.807) is 19.1 Å². The Balaban J connectivity index is 1.79. The Morgan fingerprint density at radius 2 is 1.39 bits per heavy atom. The highest BCUT2D eigenvalue weighted by molar-refractivity contribution is 7.92. The molecule has 1 heterocycles. The van der Waals surface area contributed by atoms with Gasteiger partial charge < -0.3 is 5.32 Å². The minimum absolute atomic E-state index is 0.148. The van der Waals surface area contributed by atoms with Gasteiger partial charge in [-0.05, 0) is 60.7 Å². The van der Waals surface area contributed by atoms with Gasteiger partial charge in [-0.15, -0.1) is 0 Å². The second-order valence-corrected chi connectivity index (χ2v) is 10.9. The van der Waals surface area contributed by atoms with Crippen LogP contribution in [0.5, 0.6) is 0 Å². The molecule has 4 aromatic rings. The van der Waals surface area contributed by atoms with Crippen molar-refractivity contribution in [3.8, 4) is 0 Å². The number of para-hydroxylation sites is 2. The van der Waals surface area contributed by atoms with Gasteiger partial charge >= 0.3 is 0 Å². The number of nitrogens with one attached hydrogen (secondary N) is 2. The molecule has 0 radical (unpaired) electrons. The van der Waals surface area contributed by atoms with Crippen LogP contribution in [0.4, 0.5) is 17.3 Å². The Morgan fingerprint density at radius 3 is 2.00 bits per heavy atom. The fraction of sp³-hybridized carbons (Fsp3) is 0.231. The molecule has 0 aliphatic rings. The van der Waals surface area contributed by atoms with E-state index in [4.69, 9.17) is 0 Å². The fourth-order valence-corrected chi connectivity index (χ4v) is 4.75. The fourth-order valence-electron chi connectivity index (χ4n) is 3.47. The molecule has 7 heteroatoms. The first-order chi connectivity index (χ1) is 15.5. The van der Waals surface area contributed by atoms with Crippen molar-refractivity contribution in [3.63, 3.8) is 0 Å². The van der Waals surface area contributed by atoms with Crippen LogP contribution in [0.2, 0.25) is 0 Å². The highest BCUT2D eigenvalue weighted by Crippen LogP contribution is 2.30. The van der Waals surface area contributed by atoms with Gasteiger partial charge in [0.25, 0.3) is 10.0 Å². The number of sulfonamides is 1. The van der Waals surface area contributed by atoms with Crippen LogP contribution in [-0.4, -0.2) is 18.4 Å². The summed E-state index contributed by atoms with van der Waals surface area (Å²) >= 11 is 0. The van der Waals surface area contributed by atoms with Gasteiger partial charge in [0.05, 0.1) is 15.9 Å². The molecule has 0 aliphatic heterocycles. The average Bonchev–Trinajstić information content (AvgIpc) is 2.75. The van der Waals surface area contributed by atoms with Crippen molar-refractivity contribution in [1.29, 1.82) is 0 Å². The molecule has 2 N–H and O–H groups in total. The van der Waals surface area contributed by atoms with Gasteiger partial charge in [-0.2, -0.15) is 0 Å². The van der Waals surface area contributed by atoms with E-state index in [1.165, 1.54) is 0 Å². The SMILES string of the molecule is Cc1ccc(Nc2nc3ccccc3nc2NS(=O)(=O)c2cc(C(C)(C)C)ccc2C)cc1. The lowest BCUT2D eigenvalue weighted by Crippen LogP contribution is -2.19. The van der Waals surface area contributed by atoms with Gasteiger partial charge in [0.2, 0.25) is 0 Å². The lowest BCUT2D eigenvalue weighted by atomic mass is 9.87. The van der Waals surface area contributed by atoms with Crippen molar-refractivity contribution in [2.75, 3.05) is 10.0 Å². The first-order valence-electron chi connectivity index (χ1n) is 10.8. The van der Waals surface area contributed by atoms with Crippen LogP contribution in [0.3, 0.4) is 0 Å². The van der Waals surface area contributed by atoms with Gasteiger partial charge in [-0.3, -0.25) is 4.72 Å². The van der Waals surface area contributed by atoms with Crippen LogP contribution in [0.15, 0.2) is 71.6 Å². The molecule has 0 bridgehead atoms. The highest BCUT2D eigenvalue weighted by Gasteiger charge is 2.24. The minimum atomic E-state index is -3.91. The maximum atomic E-state index is 13.5. The Bertz CT molecular complexity index is 1420. The summed E-state index contributed by atoms with van der Waals surface area (Å²) in [5, 5.41) is 3.22. The summed E-state index contributed by atoms with van der Waals surface area (Å²) in [5.74, 6) is 0.487. The number of hydrogen-bond donors (Lipinski definition) is 2. The van der Waals surface area contributed by atoms with Crippen molar-refractivity contribution in [1.82, 2.24) is 9.97 Å². The standard InChI is InChI=1S/C26H28N4O2S/c1-17-10-14-20(15-11-17)27-24-25(29-22-9-7-6-8-21(22)28-24)30-33(31,32)23-16-19(26(3,4)5)13-12-18(23)2/h6-16H,1-5H3,(H,27,28)(H,29,30). The van der Waals surface area contributed by atoms with Gasteiger partial charge in [0.15, 0.2) is 11.6 Å². The van der Waals surface area contributed by atoms with Crippen LogP contribution in [0.25, 0.3) is 11.0 Å². The number of hydrogen-bond acceptors (Lipinski definition) is 5. The van der Waals surface area contributed by atoms with Crippen LogP contribution in [0, 0.1) is 13.8 Å². The van der Waals surface area contributed by atoms with E-state index < -0.39 is 10.0 Å². The predicted molar refractivity (Wildman–Crippen MR) is 135 cm³/mol. The van der Waals surface area contributed by atoms with Crippen molar-refractivity contribution < 1.29 is 8.42 Å². The zero-order chi connectivity index (χ0) is 23.8. The summed E-state index contributed by atoms with van der Waals surface area (Å²) in [4.78, 5) is 9.46. The third-order valence-corrected chi connectivity index (χ3v) is 6.94. The molecular formula is C26H28N4O2S. The van der Waals surface area contributed by atoms with Crippen molar-refractivity contribution in [2.45, 2.75) is 44.9 Å². The third-order valence-electron chi connectivity index (χ3n) is 5.46. The molecule has 0 fully saturated rings. The summed E-state index contributed by atoms with van der Waals surface area (Å²) in [6.07, 6.45) is 0. The van der Waals surface area contributed by atoms with E-state index in [1.807, 2.05) is 61.5 Å². The number of fused-ring (bicyclic) bond motifs is 1. The average molecular weight is 461 g/mol. The molecular weight excluding hydrogens is 432 g/mol. The van der Waals surface area contributed by atoms with Crippen LogP contribution < -0.4 is 10.0 Å². The number of aryl methyl sites for hydroxylation is 2. The van der Waals surface area contributed by atoms with Gasteiger partial charge in [-0.25, -0.2) is 18.4 Å². The second kappa shape index (κ2) is 8.48. The van der Waals surface area contributed by atoms with Gasteiger partial charge in [0.1, 0.15) is 0 Å². The van der Waals surface area contributed by atoms with E-state index in [9.17, 15) is 8.42 Å². The summed E-state index contributed by atoms with van der Waals surface area (Å²) < 4.78 is 29.6. The molecule has 0 saturated carbocycles. The number of anilines is 3. The number of benzene rings is 3. The van der Waals surface area contributed by atoms with E-state index in [0.29, 0.717) is 22.4 Å². The summed E-state index contributed by atoms with van der Waals surface area (Å²) in [5.41, 5.74) is 4.61. The van der Waals surface area contributed by atoms with E-state index in [-0.39, 0.29) is 16.1 Å². The Kier molecular flexibility index (Phi) is 5.84. The minimum Gasteiger partial charge on any atom is -0.337 e. The molecule has 1 aromatic heterocycles. The highest BCUT2D eigenvalue weighted by atomic mass is 32.2. The molecule has 0 spiro atoms. The number of nitrogens with zero attached hydrogens (tertiary/aromatic N) is 2. The van der Waals surface area contributed by atoms with Crippen molar-refractivity contribution in [3.05, 3.63) is 83.4 Å². The Labute approximate surface area is 195 Å². The predicted octanol–water partition coefficient (Wildman–Crippen LogP) is 6.09. The zero-order valence-electron chi connectivity index (χ0n) is 19.5. The maximum Gasteiger partial charge on any atom is 0.263 e. The van der Waals surface area contributed by atoms with Crippen LogP contribution in [0.1, 0.15) is 37.5 Å². The number of rotatable bonds is 5. The Hall–Kier alpha value is -3.45. The summed E-state index contributed by atoms with van der Waals surface area (Å²) in [6.45, 7) is 9.96. The van der Waals surface area contributed by atoms with E-state index in [2.05, 4.69) is 40.8 Å². The molecule has 0 aliphatic carbocycles. The van der Waals surface area contributed by atoms with Gasteiger partial charge in [0, 0.05) is 5.69 Å². The molecule has 170 valence electrons.